The van der Waals surface area contributed by atoms with Gasteiger partial charge in [-0.05, 0) is 31.2 Å². The summed E-state index contributed by atoms with van der Waals surface area (Å²) in [4.78, 5) is 14.3. The van der Waals surface area contributed by atoms with E-state index in [1.165, 1.54) is 0 Å². The van der Waals surface area contributed by atoms with Crippen LogP contribution in [0.25, 0.3) is 50.3 Å². The molecule has 0 saturated carbocycles. The number of halogens is 1. The summed E-state index contributed by atoms with van der Waals surface area (Å²) in [6.07, 6.45) is 5.66. The Morgan fingerprint density at radius 1 is 0.818 bits per heavy atom. The lowest BCUT2D eigenvalue weighted by Gasteiger charge is -2.09. The first kappa shape index (κ1) is 21.0. The number of para-hydroxylation sites is 1. The minimum Gasteiger partial charge on any atom is -0.456 e. The van der Waals surface area contributed by atoms with Crippen molar-refractivity contribution in [3.63, 3.8) is 0 Å². The normalized spacial score (nSPS) is 12.4. The third-order valence-corrected chi connectivity index (χ3v) is 6.04. The molecule has 5 rings (SSSR count). The molecule has 3 aromatic carbocycles. The van der Waals surface area contributed by atoms with E-state index in [2.05, 4.69) is 34.6 Å². The maximum atomic E-state index is 6.08. The van der Waals surface area contributed by atoms with Crippen LogP contribution in [0.5, 0.6) is 0 Å². The number of allylic oxidation sites excluding steroid dienone is 5. The molecular weight excluding hydrogens is 474 g/mol. The standard InChI is InChI=1S/C28H20BrN3O/c1-3-18(16-21(29)4-2)26-30-27(19-10-6-5-7-11-19)32-28(31-26)20-14-15-23-22-12-8-9-13-24(22)33-25(23)17-20/h3-17H,1H2,2H3/b18-16+,21-4+. The lowest BCUT2D eigenvalue weighted by Crippen LogP contribution is -2.02. The first-order chi connectivity index (χ1) is 16.2. The predicted octanol–water partition coefficient (Wildman–Crippen LogP) is 7.97. The molecule has 0 N–H and O–H groups in total. The van der Waals surface area contributed by atoms with Gasteiger partial charge in [-0.1, -0.05) is 89.3 Å². The van der Waals surface area contributed by atoms with E-state index in [1.807, 2.05) is 79.7 Å². The fourth-order valence-corrected chi connectivity index (χ4v) is 3.91. The average Bonchev–Trinajstić information content (AvgIpc) is 3.25. The van der Waals surface area contributed by atoms with Crippen LogP contribution in [0, 0.1) is 0 Å². The van der Waals surface area contributed by atoms with Gasteiger partial charge < -0.3 is 4.42 Å². The van der Waals surface area contributed by atoms with E-state index in [1.54, 1.807) is 6.08 Å². The molecular formula is C28H20BrN3O. The van der Waals surface area contributed by atoms with Crippen LogP contribution in [-0.4, -0.2) is 15.0 Å². The molecule has 160 valence electrons. The zero-order chi connectivity index (χ0) is 22.8. The van der Waals surface area contributed by atoms with Crippen LogP contribution in [0.1, 0.15) is 12.7 Å². The number of fused-ring (bicyclic) bond motifs is 3. The predicted molar refractivity (Wildman–Crippen MR) is 139 cm³/mol. The summed E-state index contributed by atoms with van der Waals surface area (Å²) in [5.41, 5.74) is 4.23. The van der Waals surface area contributed by atoms with E-state index in [4.69, 9.17) is 19.4 Å². The fraction of sp³-hybridized carbons (Fsp3) is 0.0357. The Morgan fingerprint density at radius 3 is 2.27 bits per heavy atom. The number of furan rings is 1. The van der Waals surface area contributed by atoms with E-state index in [9.17, 15) is 0 Å². The quantitative estimate of drug-likeness (QED) is 0.233. The van der Waals surface area contributed by atoms with Gasteiger partial charge in [-0.15, -0.1) is 0 Å². The zero-order valence-corrected chi connectivity index (χ0v) is 19.6. The molecule has 0 amide bonds. The maximum absolute atomic E-state index is 6.08. The molecule has 33 heavy (non-hydrogen) atoms. The highest BCUT2D eigenvalue weighted by atomic mass is 79.9. The van der Waals surface area contributed by atoms with Crippen molar-refractivity contribution in [2.24, 2.45) is 0 Å². The molecule has 0 atom stereocenters. The van der Waals surface area contributed by atoms with Gasteiger partial charge in [0.25, 0.3) is 0 Å². The summed E-state index contributed by atoms with van der Waals surface area (Å²) in [6, 6.07) is 24.0. The minimum absolute atomic E-state index is 0.553. The molecule has 0 radical (unpaired) electrons. The molecule has 0 aliphatic rings. The van der Waals surface area contributed by atoms with Crippen LogP contribution in [0.3, 0.4) is 0 Å². The molecule has 0 aliphatic carbocycles. The Labute approximate surface area is 200 Å². The third-order valence-electron chi connectivity index (χ3n) is 5.35. The number of aromatic nitrogens is 3. The Balaban J connectivity index is 1.71. The summed E-state index contributed by atoms with van der Waals surface area (Å²) < 4.78 is 7.00. The molecule has 0 fully saturated rings. The number of nitrogens with zero attached hydrogens (tertiary/aromatic N) is 3. The molecule has 0 saturated heterocycles. The summed E-state index contributed by atoms with van der Waals surface area (Å²) >= 11 is 3.54. The van der Waals surface area contributed by atoms with Gasteiger partial charge in [0.15, 0.2) is 17.5 Å². The van der Waals surface area contributed by atoms with Crippen molar-refractivity contribution < 1.29 is 4.42 Å². The molecule has 4 nitrogen and oxygen atoms in total. The van der Waals surface area contributed by atoms with Crippen LogP contribution < -0.4 is 0 Å². The third kappa shape index (κ3) is 4.15. The van der Waals surface area contributed by atoms with Crippen LogP contribution in [0.2, 0.25) is 0 Å². The van der Waals surface area contributed by atoms with Crippen molar-refractivity contribution >= 4 is 43.4 Å². The van der Waals surface area contributed by atoms with Crippen LogP contribution in [0.4, 0.5) is 0 Å². The van der Waals surface area contributed by atoms with Crippen molar-refractivity contribution in [2.75, 3.05) is 0 Å². The van der Waals surface area contributed by atoms with Crippen molar-refractivity contribution in [1.29, 1.82) is 0 Å². The van der Waals surface area contributed by atoms with Gasteiger partial charge in [0.05, 0.1) is 0 Å². The average molecular weight is 494 g/mol. The second-order valence-corrected chi connectivity index (χ2v) is 8.37. The highest BCUT2D eigenvalue weighted by Gasteiger charge is 2.14. The first-order valence-electron chi connectivity index (χ1n) is 10.6. The lowest BCUT2D eigenvalue weighted by atomic mass is 10.1. The van der Waals surface area contributed by atoms with E-state index in [0.29, 0.717) is 17.5 Å². The molecule has 5 heteroatoms. The molecule has 0 spiro atoms. The van der Waals surface area contributed by atoms with E-state index >= 15 is 0 Å². The number of hydrogen-bond acceptors (Lipinski definition) is 4. The molecule has 2 heterocycles. The second kappa shape index (κ2) is 8.96. The SMILES string of the molecule is C=C/C(=C\C(Br)=C/C)c1nc(-c2ccccc2)nc(-c2ccc3c(c2)oc2ccccc23)n1. The first-order valence-corrected chi connectivity index (χ1v) is 11.3. The molecule has 0 bridgehead atoms. The maximum Gasteiger partial charge on any atom is 0.164 e. The van der Waals surface area contributed by atoms with Gasteiger partial charge in [0.2, 0.25) is 0 Å². The van der Waals surface area contributed by atoms with Gasteiger partial charge in [0.1, 0.15) is 11.2 Å². The van der Waals surface area contributed by atoms with E-state index in [-0.39, 0.29) is 0 Å². The van der Waals surface area contributed by atoms with Crippen molar-refractivity contribution in [1.82, 2.24) is 15.0 Å². The lowest BCUT2D eigenvalue weighted by molar-refractivity contribution is 0.669. The molecule has 5 aromatic rings. The van der Waals surface area contributed by atoms with Crippen molar-refractivity contribution in [2.45, 2.75) is 6.92 Å². The largest absolute Gasteiger partial charge is 0.456 e. The second-order valence-electron chi connectivity index (χ2n) is 7.46. The fourth-order valence-electron chi connectivity index (χ4n) is 3.66. The summed E-state index contributed by atoms with van der Waals surface area (Å²) in [7, 11) is 0. The van der Waals surface area contributed by atoms with E-state index < -0.39 is 0 Å². The molecule has 2 aromatic heterocycles. The Kier molecular flexibility index (Phi) is 5.71. The van der Waals surface area contributed by atoms with Crippen LogP contribution >= 0.6 is 15.9 Å². The number of hydrogen-bond donors (Lipinski definition) is 0. The van der Waals surface area contributed by atoms with E-state index in [0.717, 1.165) is 43.1 Å². The van der Waals surface area contributed by atoms with Gasteiger partial charge in [-0.25, -0.2) is 15.0 Å². The van der Waals surface area contributed by atoms with Crippen LogP contribution in [-0.2, 0) is 0 Å². The Bertz CT molecular complexity index is 1550. The van der Waals surface area contributed by atoms with Gasteiger partial charge >= 0.3 is 0 Å². The minimum atomic E-state index is 0.553. The van der Waals surface area contributed by atoms with Crippen molar-refractivity contribution in [3.8, 4) is 22.8 Å². The van der Waals surface area contributed by atoms with Crippen molar-refractivity contribution in [3.05, 3.63) is 108 Å². The smallest absolute Gasteiger partial charge is 0.164 e. The summed E-state index contributed by atoms with van der Waals surface area (Å²) in [5.74, 6) is 1.73. The number of benzene rings is 3. The Morgan fingerprint density at radius 2 is 1.52 bits per heavy atom. The summed E-state index contributed by atoms with van der Waals surface area (Å²) in [5, 5.41) is 2.16. The molecule has 0 unspecified atom stereocenters. The Hall–Kier alpha value is -3.83. The highest BCUT2D eigenvalue weighted by molar-refractivity contribution is 9.11. The zero-order valence-electron chi connectivity index (χ0n) is 18.0. The van der Waals surface area contributed by atoms with Gasteiger partial charge in [-0.2, -0.15) is 0 Å². The monoisotopic (exact) mass is 493 g/mol. The van der Waals surface area contributed by atoms with Gasteiger partial charge in [0, 0.05) is 32.0 Å². The summed E-state index contributed by atoms with van der Waals surface area (Å²) in [6.45, 7) is 5.92. The topological polar surface area (TPSA) is 51.8 Å². The number of rotatable bonds is 5. The molecule has 0 aliphatic heterocycles. The highest BCUT2D eigenvalue weighted by Crippen LogP contribution is 2.32. The van der Waals surface area contributed by atoms with Crippen LogP contribution in [0.15, 0.2) is 107 Å². The van der Waals surface area contributed by atoms with Gasteiger partial charge in [-0.3, -0.25) is 0 Å².